The smallest absolute Gasteiger partial charge is 0.335 e. The molecule has 0 unspecified atom stereocenters. The number of carboxylic acids is 1. The molecule has 1 heterocycles. The lowest BCUT2D eigenvalue weighted by atomic mass is 10.1. The van der Waals surface area contributed by atoms with Gasteiger partial charge in [0.25, 0.3) is 0 Å². The minimum absolute atomic E-state index is 0.244. The Morgan fingerprint density at radius 1 is 1.35 bits per heavy atom. The lowest BCUT2D eigenvalue weighted by Crippen LogP contribution is -2.05. The standard InChI is InChI=1S/C13H14N2O2/c1-9(2)15-12(6-7-14-15)10-4-3-5-11(8-10)13(16)17/h3-9H,1-2H3,(H,16,17). The van der Waals surface area contributed by atoms with Crippen molar-refractivity contribution in [1.82, 2.24) is 9.78 Å². The van der Waals surface area contributed by atoms with Gasteiger partial charge in [0.2, 0.25) is 0 Å². The van der Waals surface area contributed by atoms with Gasteiger partial charge in [0, 0.05) is 17.8 Å². The predicted molar refractivity (Wildman–Crippen MR) is 65.0 cm³/mol. The van der Waals surface area contributed by atoms with Crippen LogP contribution in [0.3, 0.4) is 0 Å². The third-order valence-corrected chi connectivity index (χ3v) is 2.56. The highest BCUT2D eigenvalue weighted by Gasteiger charge is 2.10. The van der Waals surface area contributed by atoms with Crippen LogP contribution in [-0.4, -0.2) is 20.9 Å². The molecule has 0 radical (unpaired) electrons. The molecule has 0 aliphatic heterocycles. The average molecular weight is 230 g/mol. The normalized spacial score (nSPS) is 10.8. The molecule has 0 amide bonds. The monoisotopic (exact) mass is 230 g/mol. The third kappa shape index (κ3) is 2.20. The number of carbonyl (C=O) groups is 1. The summed E-state index contributed by atoms with van der Waals surface area (Å²) in [5.74, 6) is -0.914. The number of rotatable bonds is 3. The van der Waals surface area contributed by atoms with Crippen molar-refractivity contribution in [3.63, 3.8) is 0 Å². The van der Waals surface area contributed by atoms with Crippen LogP contribution in [0.15, 0.2) is 36.5 Å². The Kier molecular flexibility index (Phi) is 2.95. The third-order valence-electron chi connectivity index (χ3n) is 2.56. The summed E-state index contributed by atoms with van der Waals surface area (Å²) in [5.41, 5.74) is 2.10. The van der Waals surface area contributed by atoms with Crippen molar-refractivity contribution in [2.24, 2.45) is 0 Å². The zero-order valence-electron chi connectivity index (χ0n) is 9.79. The fourth-order valence-electron chi connectivity index (χ4n) is 1.77. The van der Waals surface area contributed by atoms with E-state index in [1.165, 1.54) is 0 Å². The van der Waals surface area contributed by atoms with Gasteiger partial charge in [-0.1, -0.05) is 12.1 Å². The Labute approximate surface area is 99.5 Å². The van der Waals surface area contributed by atoms with E-state index in [1.807, 2.05) is 30.7 Å². The summed E-state index contributed by atoms with van der Waals surface area (Å²) in [4.78, 5) is 10.9. The van der Waals surface area contributed by atoms with E-state index in [4.69, 9.17) is 5.11 Å². The molecule has 0 fully saturated rings. The van der Waals surface area contributed by atoms with E-state index in [9.17, 15) is 4.79 Å². The first-order valence-electron chi connectivity index (χ1n) is 5.47. The molecule has 88 valence electrons. The number of nitrogens with zero attached hydrogens (tertiary/aromatic N) is 2. The average Bonchev–Trinajstić information content (AvgIpc) is 2.78. The molecule has 1 aromatic carbocycles. The fraction of sp³-hybridized carbons (Fsp3) is 0.231. The highest BCUT2D eigenvalue weighted by atomic mass is 16.4. The molecule has 4 heteroatoms. The number of aromatic carboxylic acids is 1. The van der Waals surface area contributed by atoms with Crippen LogP contribution < -0.4 is 0 Å². The number of aromatic nitrogens is 2. The van der Waals surface area contributed by atoms with Crippen LogP contribution in [0.4, 0.5) is 0 Å². The Morgan fingerprint density at radius 2 is 2.12 bits per heavy atom. The molecular weight excluding hydrogens is 216 g/mol. The van der Waals surface area contributed by atoms with Crippen molar-refractivity contribution < 1.29 is 9.90 Å². The zero-order chi connectivity index (χ0) is 12.4. The molecule has 0 saturated carbocycles. The van der Waals surface area contributed by atoms with Crippen LogP contribution >= 0.6 is 0 Å². The second kappa shape index (κ2) is 4.41. The summed E-state index contributed by atoms with van der Waals surface area (Å²) in [5, 5.41) is 13.2. The Bertz CT molecular complexity index is 544. The first-order valence-corrected chi connectivity index (χ1v) is 5.47. The maximum atomic E-state index is 10.9. The Hall–Kier alpha value is -2.10. The van der Waals surface area contributed by atoms with Crippen LogP contribution in [0, 0.1) is 0 Å². The highest BCUT2D eigenvalue weighted by Crippen LogP contribution is 2.22. The second-order valence-electron chi connectivity index (χ2n) is 4.14. The van der Waals surface area contributed by atoms with Gasteiger partial charge in [0.1, 0.15) is 0 Å². The van der Waals surface area contributed by atoms with Gasteiger partial charge >= 0.3 is 5.97 Å². The van der Waals surface area contributed by atoms with E-state index in [2.05, 4.69) is 5.10 Å². The number of hydrogen-bond acceptors (Lipinski definition) is 2. The quantitative estimate of drug-likeness (QED) is 0.882. The van der Waals surface area contributed by atoms with Gasteiger partial charge < -0.3 is 5.11 Å². The summed E-state index contributed by atoms with van der Waals surface area (Å²) in [7, 11) is 0. The summed E-state index contributed by atoms with van der Waals surface area (Å²) < 4.78 is 1.88. The van der Waals surface area contributed by atoms with Crippen LogP contribution in [0.25, 0.3) is 11.3 Å². The molecule has 0 bridgehead atoms. The first-order chi connectivity index (χ1) is 8.09. The van der Waals surface area contributed by atoms with E-state index < -0.39 is 5.97 Å². The molecule has 2 aromatic rings. The maximum Gasteiger partial charge on any atom is 0.335 e. The van der Waals surface area contributed by atoms with Gasteiger partial charge in [-0.15, -0.1) is 0 Å². The van der Waals surface area contributed by atoms with Crippen molar-refractivity contribution in [2.45, 2.75) is 19.9 Å². The van der Waals surface area contributed by atoms with Gasteiger partial charge in [-0.05, 0) is 32.0 Å². The van der Waals surface area contributed by atoms with Crippen molar-refractivity contribution in [1.29, 1.82) is 0 Å². The molecule has 0 aliphatic rings. The van der Waals surface area contributed by atoms with Crippen LogP contribution in [-0.2, 0) is 0 Å². The topological polar surface area (TPSA) is 55.1 Å². The molecular formula is C13H14N2O2. The van der Waals surface area contributed by atoms with Crippen molar-refractivity contribution >= 4 is 5.97 Å². The SMILES string of the molecule is CC(C)n1nccc1-c1cccc(C(=O)O)c1. The van der Waals surface area contributed by atoms with E-state index in [0.717, 1.165) is 11.3 Å². The molecule has 0 aliphatic carbocycles. The fourth-order valence-corrected chi connectivity index (χ4v) is 1.77. The minimum Gasteiger partial charge on any atom is -0.478 e. The lowest BCUT2D eigenvalue weighted by molar-refractivity contribution is 0.0697. The second-order valence-corrected chi connectivity index (χ2v) is 4.14. The number of benzene rings is 1. The molecule has 4 nitrogen and oxygen atoms in total. The van der Waals surface area contributed by atoms with E-state index in [1.54, 1.807) is 24.4 Å². The molecule has 1 aromatic heterocycles. The predicted octanol–water partition coefficient (Wildman–Crippen LogP) is 2.83. The number of carboxylic acid groups (broad SMARTS) is 1. The van der Waals surface area contributed by atoms with E-state index in [-0.39, 0.29) is 6.04 Å². The molecule has 0 spiro atoms. The van der Waals surface area contributed by atoms with E-state index in [0.29, 0.717) is 5.56 Å². The molecule has 0 saturated heterocycles. The van der Waals surface area contributed by atoms with Gasteiger partial charge in [-0.3, -0.25) is 4.68 Å². The highest BCUT2D eigenvalue weighted by molar-refractivity contribution is 5.89. The Morgan fingerprint density at radius 3 is 2.76 bits per heavy atom. The first kappa shape index (κ1) is 11.4. The van der Waals surface area contributed by atoms with Crippen LogP contribution in [0.2, 0.25) is 0 Å². The minimum atomic E-state index is -0.914. The molecule has 2 rings (SSSR count). The van der Waals surface area contributed by atoms with E-state index >= 15 is 0 Å². The summed E-state index contributed by atoms with van der Waals surface area (Å²) in [6.07, 6.45) is 1.72. The number of hydrogen-bond donors (Lipinski definition) is 1. The lowest BCUT2D eigenvalue weighted by Gasteiger charge is -2.11. The van der Waals surface area contributed by atoms with Crippen LogP contribution in [0.1, 0.15) is 30.2 Å². The van der Waals surface area contributed by atoms with Gasteiger partial charge in [0.05, 0.1) is 11.3 Å². The molecule has 0 atom stereocenters. The van der Waals surface area contributed by atoms with Crippen molar-refractivity contribution in [3.05, 3.63) is 42.1 Å². The van der Waals surface area contributed by atoms with Gasteiger partial charge in [-0.25, -0.2) is 4.79 Å². The van der Waals surface area contributed by atoms with Gasteiger partial charge in [-0.2, -0.15) is 5.10 Å². The zero-order valence-corrected chi connectivity index (χ0v) is 9.79. The summed E-state index contributed by atoms with van der Waals surface area (Å²) >= 11 is 0. The maximum absolute atomic E-state index is 10.9. The summed E-state index contributed by atoms with van der Waals surface area (Å²) in [6.45, 7) is 4.08. The van der Waals surface area contributed by atoms with Gasteiger partial charge in [0.15, 0.2) is 0 Å². The molecule has 1 N–H and O–H groups in total. The largest absolute Gasteiger partial charge is 0.478 e. The van der Waals surface area contributed by atoms with Crippen molar-refractivity contribution in [2.75, 3.05) is 0 Å². The summed E-state index contributed by atoms with van der Waals surface area (Å²) in [6, 6.07) is 9.02. The molecule has 17 heavy (non-hydrogen) atoms. The Balaban J connectivity index is 2.49. The van der Waals surface area contributed by atoms with Crippen molar-refractivity contribution in [3.8, 4) is 11.3 Å². The van der Waals surface area contributed by atoms with Crippen LogP contribution in [0.5, 0.6) is 0 Å².